The lowest BCUT2D eigenvalue weighted by Gasteiger charge is -2.12. The van der Waals surface area contributed by atoms with Gasteiger partial charge in [0.1, 0.15) is 12.4 Å². The Morgan fingerprint density at radius 2 is 2.21 bits per heavy atom. The van der Waals surface area contributed by atoms with E-state index in [1.165, 1.54) is 5.56 Å². The Morgan fingerprint density at radius 3 is 2.89 bits per heavy atom. The van der Waals surface area contributed by atoms with Gasteiger partial charge in [-0.05, 0) is 38.1 Å². The molecular weight excluding hydrogens is 240 g/mol. The molecule has 4 heteroatoms. The number of carbonyl (C=O) groups is 1. The normalized spacial score (nSPS) is 11.9. The molecule has 0 aliphatic heterocycles. The number of nitrogens with one attached hydrogen (secondary N) is 2. The second-order valence-electron chi connectivity index (χ2n) is 4.68. The van der Waals surface area contributed by atoms with Gasteiger partial charge in [-0.1, -0.05) is 19.1 Å². The van der Waals surface area contributed by atoms with Gasteiger partial charge in [-0.2, -0.15) is 0 Å². The molecule has 2 N–H and O–H groups in total. The lowest BCUT2D eigenvalue weighted by atomic mass is 10.2. The minimum atomic E-state index is 0.0568. The summed E-state index contributed by atoms with van der Waals surface area (Å²) in [7, 11) is 0. The quantitative estimate of drug-likeness (QED) is 0.705. The van der Waals surface area contributed by atoms with Crippen molar-refractivity contribution in [1.29, 1.82) is 0 Å². The van der Waals surface area contributed by atoms with E-state index in [9.17, 15) is 4.79 Å². The van der Waals surface area contributed by atoms with Crippen LogP contribution in [0.25, 0.3) is 0 Å². The molecule has 1 unspecified atom stereocenters. The van der Waals surface area contributed by atoms with Crippen LogP contribution < -0.4 is 15.4 Å². The largest absolute Gasteiger partial charge is 0.492 e. The molecule has 0 bridgehead atoms. The molecule has 0 saturated carbocycles. The summed E-state index contributed by atoms with van der Waals surface area (Å²) in [5.41, 5.74) is 1.17. The fourth-order valence-electron chi connectivity index (χ4n) is 1.84. The van der Waals surface area contributed by atoms with E-state index in [1.54, 1.807) is 0 Å². The lowest BCUT2D eigenvalue weighted by Crippen LogP contribution is -2.35. The summed E-state index contributed by atoms with van der Waals surface area (Å²) < 4.78 is 5.56. The Morgan fingerprint density at radius 1 is 1.42 bits per heavy atom. The van der Waals surface area contributed by atoms with Gasteiger partial charge in [-0.15, -0.1) is 0 Å². The summed E-state index contributed by atoms with van der Waals surface area (Å²) in [6.45, 7) is 7.97. The first-order valence-electron chi connectivity index (χ1n) is 6.81. The summed E-state index contributed by atoms with van der Waals surface area (Å²) in [5, 5.41) is 6.06. The van der Waals surface area contributed by atoms with E-state index in [0.717, 1.165) is 12.3 Å². The average molecular weight is 264 g/mol. The van der Waals surface area contributed by atoms with Crippen molar-refractivity contribution in [3.63, 3.8) is 0 Å². The topological polar surface area (TPSA) is 50.4 Å². The van der Waals surface area contributed by atoms with E-state index < -0.39 is 0 Å². The molecule has 0 saturated heterocycles. The van der Waals surface area contributed by atoms with Crippen LogP contribution in [0.4, 0.5) is 0 Å². The number of hydrogen-bond donors (Lipinski definition) is 2. The maximum Gasteiger partial charge on any atom is 0.221 e. The first-order chi connectivity index (χ1) is 9.11. The molecule has 106 valence electrons. The van der Waals surface area contributed by atoms with Gasteiger partial charge in [0.25, 0.3) is 0 Å². The number of rotatable bonds is 8. The fourth-order valence-corrected chi connectivity index (χ4v) is 1.84. The molecule has 1 amide bonds. The maximum atomic E-state index is 11.6. The Bertz CT molecular complexity index is 393. The van der Waals surface area contributed by atoms with Crippen LogP contribution in [0.2, 0.25) is 0 Å². The van der Waals surface area contributed by atoms with Gasteiger partial charge in [-0.25, -0.2) is 0 Å². The van der Waals surface area contributed by atoms with Gasteiger partial charge in [0.05, 0.1) is 6.54 Å². The highest BCUT2D eigenvalue weighted by atomic mass is 16.5. The molecule has 1 aromatic rings. The van der Waals surface area contributed by atoms with Crippen molar-refractivity contribution in [2.75, 3.05) is 19.7 Å². The number of ether oxygens (including phenoxy) is 1. The predicted molar refractivity (Wildman–Crippen MR) is 77.4 cm³/mol. The van der Waals surface area contributed by atoms with Gasteiger partial charge < -0.3 is 15.4 Å². The van der Waals surface area contributed by atoms with Crippen molar-refractivity contribution >= 4 is 5.91 Å². The number of carbonyl (C=O) groups excluding carboxylic acids is 1. The summed E-state index contributed by atoms with van der Waals surface area (Å²) in [6.07, 6.45) is 0.498. The zero-order chi connectivity index (χ0) is 14.1. The van der Waals surface area contributed by atoms with Crippen LogP contribution >= 0.6 is 0 Å². The van der Waals surface area contributed by atoms with Crippen LogP contribution in [0.15, 0.2) is 24.3 Å². The first-order valence-corrected chi connectivity index (χ1v) is 6.81. The average Bonchev–Trinajstić information content (AvgIpc) is 2.35. The molecule has 4 nitrogen and oxygen atoms in total. The third kappa shape index (κ3) is 6.82. The lowest BCUT2D eigenvalue weighted by molar-refractivity contribution is -0.121. The van der Waals surface area contributed by atoms with Crippen LogP contribution in [0.3, 0.4) is 0 Å². The van der Waals surface area contributed by atoms with Crippen LogP contribution in [-0.2, 0) is 4.79 Å². The molecule has 1 atom stereocenters. The molecule has 1 rings (SSSR count). The molecule has 19 heavy (non-hydrogen) atoms. The highest BCUT2D eigenvalue weighted by Crippen LogP contribution is 2.11. The standard InChI is InChI=1S/C15H24N2O2/c1-4-16-13(3)11-15(18)17-8-9-19-14-7-5-6-12(2)10-14/h5-7,10,13,16H,4,8-9,11H2,1-3H3,(H,17,18). The zero-order valence-corrected chi connectivity index (χ0v) is 12.0. The molecule has 0 fully saturated rings. The number of aryl methyl sites for hydroxylation is 1. The van der Waals surface area contributed by atoms with E-state index >= 15 is 0 Å². The van der Waals surface area contributed by atoms with E-state index in [2.05, 4.69) is 10.6 Å². The maximum absolute atomic E-state index is 11.6. The number of benzene rings is 1. The second kappa shape index (κ2) is 8.53. The molecule has 0 aliphatic carbocycles. The Hall–Kier alpha value is -1.55. The van der Waals surface area contributed by atoms with E-state index in [0.29, 0.717) is 19.6 Å². The minimum Gasteiger partial charge on any atom is -0.492 e. The molecule has 0 radical (unpaired) electrons. The van der Waals surface area contributed by atoms with Crippen LogP contribution in [0.5, 0.6) is 5.75 Å². The first kappa shape index (κ1) is 15.5. The predicted octanol–water partition coefficient (Wildman–Crippen LogP) is 1.88. The third-order valence-electron chi connectivity index (χ3n) is 2.73. The van der Waals surface area contributed by atoms with E-state index in [-0.39, 0.29) is 11.9 Å². The molecule has 0 spiro atoms. The van der Waals surface area contributed by atoms with Gasteiger partial charge in [0.2, 0.25) is 5.91 Å². The summed E-state index contributed by atoms with van der Waals surface area (Å²) >= 11 is 0. The monoisotopic (exact) mass is 264 g/mol. The van der Waals surface area contributed by atoms with Crippen molar-refractivity contribution in [1.82, 2.24) is 10.6 Å². The fraction of sp³-hybridized carbons (Fsp3) is 0.533. The Kier molecular flexibility index (Phi) is 6.97. The molecule has 0 aromatic heterocycles. The molecule has 0 aliphatic rings. The van der Waals surface area contributed by atoms with Gasteiger partial charge >= 0.3 is 0 Å². The summed E-state index contributed by atoms with van der Waals surface area (Å²) in [4.78, 5) is 11.6. The van der Waals surface area contributed by atoms with Gasteiger partial charge in [0.15, 0.2) is 0 Å². The van der Waals surface area contributed by atoms with Crippen LogP contribution in [0, 0.1) is 6.92 Å². The van der Waals surface area contributed by atoms with E-state index in [1.807, 2.05) is 45.0 Å². The molecule has 0 heterocycles. The van der Waals surface area contributed by atoms with Gasteiger partial charge in [0, 0.05) is 12.5 Å². The number of hydrogen-bond acceptors (Lipinski definition) is 3. The van der Waals surface area contributed by atoms with E-state index in [4.69, 9.17) is 4.74 Å². The van der Waals surface area contributed by atoms with Crippen molar-refractivity contribution < 1.29 is 9.53 Å². The van der Waals surface area contributed by atoms with Crippen molar-refractivity contribution in [2.24, 2.45) is 0 Å². The number of amides is 1. The second-order valence-corrected chi connectivity index (χ2v) is 4.68. The highest BCUT2D eigenvalue weighted by molar-refractivity contribution is 5.76. The Labute approximate surface area is 115 Å². The summed E-state index contributed by atoms with van der Waals surface area (Å²) in [5.74, 6) is 0.900. The zero-order valence-electron chi connectivity index (χ0n) is 12.0. The van der Waals surface area contributed by atoms with Crippen molar-refractivity contribution in [3.05, 3.63) is 29.8 Å². The summed E-state index contributed by atoms with van der Waals surface area (Å²) in [6, 6.07) is 8.09. The van der Waals surface area contributed by atoms with Gasteiger partial charge in [-0.3, -0.25) is 4.79 Å². The van der Waals surface area contributed by atoms with Crippen LogP contribution in [0.1, 0.15) is 25.8 Å². The van der Waals surface area contributed by atoms with Crippen molar-refractivity contribution in [3.8, 4) is 5.75 Å². The SMILES string of the molecule is CCNC(C)CC(=O)NCCOc1cccc(C)c1. The Balaban J connectivity index is 2.15. The van der Waals surface area contributed by atoms with Crippen molar-refractivity contribution in [2.45, 2.75) is 33.2 Å². The minimum absolute atomic E-state index is 0.0568. The highest BCUT2D eigenvalue weighted by Gasteiger charge is 2.06. The third-order valence-corrected chi connectivity index (χ3v) is 2.73. The molecule has 1 aromatic carbocycles. The van der Waals surface area contributed by atoms with Crippen LogP contribution in [-0.4, -0.2) is 31.6 Å². The smallest absolute Gasteiger partial charge is 0.221 e. The molecular formula is C15H24N2O2.